The van der Waals surface area contributed by atoms with Crippen molar-refractivity contribution < 1.29 is 14.3 Å². The van der Waals surface area contributed by atoms with Crippen LogP contribution < -0.4 is 15.0 Å². The van der Waals surface area contributed by atoms with E-state index in [1.54, 1.807) is 15.9 Å². The quantitative estimate of drug-likeness (QED) is 0.653. The van der Waals surface area contributed by atoms with E-state index in [1.807, 2.05) is 55.5 Å². The number of nitrogens with zero attached hydrogens (tertiary/aromatic N) is 4. The molecule has 2 heterocycles. The summed E-state index contributed by atoms with van der Waals surface area (Å²) >= 11 is 0. The van der Waals surface area contributed by atoms with Crippen molar-refractivity contribution in [2.75, 3.05) is 23.4 Å². The average Bonchev–Trinajstić information content (AvgIpc) is 3.39. The number of ether oxygens (including phenoxy) is 1. The van der Waals surface area contributed by atoms with Crippen LogP contribution in [0.3, 0.4) is 0 Å². The molecular weight excluding hydrogens is 382 g/mol. The Morgan fingerprint density at radius 2 is 2.10 bits per heavy atom. The predicted molar refractivity (Wildman–Crippen MR) is 112 cm³/mol. The average molecular weight is 405 g/mol. The summed E-state index contributed by atoms with van der Waals surface area (Å²) in [6, 6.07) is 15.0. The third-order valence-electron chi connectivity index (χ3n) is 4.96. The van der Waals surface area contributed by atoms with Crippen molar-refractivity contribution >= 4 is 23.2 Å². The Morgan fingerprint density at radius 1 is 1.23 bits per heavy atom. The maximum atomic E-state index is 12.8. The van der Waals surface area contributed by atoms with Crippen LogP contribution in [0.4, 0.5) is 11.4 Å². The minimum absolute atomic E-state index is 0.0813. The van der Waals surface area contributed by atoms with Gasteiger partial charge in [0, 0.05) is 18.7 Å². The van der Waals surface area contributed by atoms with Gasteiger partial charge in [-0.2, -0.15) is 5.10 Å². The molecule has 30 heavy (non-hydrogen) atoms. The van der Waals surface area contributed by atoms with Gasteiger partial charge in [-0.25, -0.2) is 9.67 Å². The first-order valence-corrected chi connectivity index (χ1v) is 9.88. The first kappa shape index (κ1) is 19.6. The monoisotopic (exact) mass is 405 g/mol. The van der Waals surface area contributed by atoms with Gasteiger partial charge in [0.05, 0.1) is 24.8 Å². The van der Waals surface area contributed by atoms with Crippen molar-refractivity contribution in [2.45, 2.75) is 19.9 Å². The minimum atomic E-state index is -0.425. The summed E-state index contributed by atoms with van der Waals surface area (Å²) in [6.45, 7) is 3.30. The third kappa shape index (κ3) is 4.32. The normalized spacial score (nSPS) is 16.0. The van der Waals surface area contributed by atoms with Crippen molar-refractivity contribution in [2.24, 2.45) is 5.92 Å². The van der Waals surface area contributed by atoms with E-state index in [0.29, 0.717) is 36.8 Å². The second-order valence-corrected chi connectivity index (χ2v) is 7.09. The number of carbonyl (C=O) groups excluding carboxylic acids is 2. The molecule has 0 aliphatic carbocycles. The summed E-state index contributed by atoms with van der Waals surface area (Å²) < 4.78 is 7.35. The maximum absolute atomic E-state index is 12.8. The lowest BCUT2D eigenvalue weighted by molar-refractivity contribution is -0.122. The van der Waals surface area contributed by atoms with E-state index in [-0.39, 0.29) is 18.2 Å². The fourth-order valence-electron chi connectivity index (χ4n) is 3.57. The molecule has 4 rings (SSSR count). The van der Waals surface area contributed by atoms with Crippen molar-refractivity contribution in [1.29, 1.82) is 0 Å². The molecule has 1 saturated heterocycles. The first-order chi connectivity index (χ1) is 14.6. The van der Waals surface area contributed by atoms with Crippen LogP contribution in [0.2, 0.25) is 0 Å². The molecule has 1 fully saturated rings. The molecule has 1 aliphatic rings. The number of anilines is 2. The van der Waals surface area contributed by atoms with Gasteiger partial charge in [0.15, 0.2) is 0 Å². The van der Waals surface area contributed by atoms with Crippen LogP contribution >= 0.6 is 0 Å². The summed E-state index contributed by atoms with van der Waals surface area (Å²) in [7, 11) is 0. The van der Waals surface area contributed by atoms with Crippen LogP contribution in [0.1, 0.15) is 18.9 Å². The number of hydrogen-bond acceptors (Lipinski definition) is 5. The van der Waals surface area contributed by atoms with E-state index >= 15 is 0 Å². The van der Waals surface area contributed by atoms with E-state index in [4.69, 9.17) is 4.74 Å². The molecule has 0 saturated carbocycles. The Bertz CT molecular complexity index is 1030. The fraction of sp³-hybridized carbons (Fsp3) is 0.273. The van der Waals surface area contributed by atoms with Crippen LogP contribution in [0.5, 0.6) is 5.75 Å². The van der Waals surface area contributed by atoms with Gasteiger partial charge in [0.25, 0.3) is 0 Å². The van der Waals surface area contributed by atoms with Gasteiger partial charge in [-0.05, 0) is 36.8 Å². The van der Waals surface area contributed by atoms with E-state index in [9.17, 15) is 9.59 Å². The highest BCUT2D eigenvalue weighted by molar-refractivity contribution is 6.04. The highest BCUT2D eigenvalue weighted by atomic mass is 16.5. The number of rotatable bonds is 7. The van der Waals surface area contributed by atoms with Crippen LogP contribution in [-0.2, 0) is 16.1 Å². The van der Waals surface area contributed by atoms with E-state index in [2.05, 4.69) is 15.4 Å². The number of benzene rings is 2. The Morgan fingerprint density at radius 3 is 2.90 bits per heavy atom. The lowest BCUT2D eigenvalue weighted by atomic mass is 10.1. The second-order valence-electron chi connectivity index (χ2n) is 7.09. The van der Waals surface area contributed by atoms with Gasteiger partial charge < -0.3 is 15.0 Å². The van der Waals surface area contributed by atoms with Crippen molar-refractivity contribution in [3.63, 3.8) is 0 Å². The zero-order valence-corrected chi connectivity index (χ0v) is 16.7. The molecule has 8 nitrogen and oxygen atoms in total. The molecule has 0 spiro atoms. The fourth-order valence-corrected chi connectivity index (χ4v) is 3.57. The van der Waals surface area contributed by atoms with Gasteiger partial charge in [-0.1, -0.05) is 24.3 Å². The first-order valence-electron chi connectivity index (χ1n) is 9.88. The Hall–Kier alpha value is -3.68. The summed E-state index contributed by atoms with van der Waals surface area (Å²) in [6.07, 6.45) is 3.30. The number of nitrogens with one attached hydrogen (secondary N) is 1. The van der Waals surface area contributed by atoms with Gasteiger partial charge in [-0.15, -0.1) is 0 Å². The highest BCUT2D eigenvalue weighted by Gasteiger charge is 2.36. The smallest absolute Gasteiger partial charge is 0.229 e. The summed E-state index contributed by atoms with van der Waals surface area (Å²) in [5.41, 5.74) is 2.39. The molecule has 2 amide bonds. The van der Waals surface area contributed by atoms with Crippen LogP contribution in [-0.4, -0.2) is 39.7 Å². The van der Waals surface area contributed by atoms with E-state index in [1.165, 1.54) is 6.33 Å². The number of aromatic nitrogens is 3. The van der Waals surface area contributed by atoms with Crippen molar-refractivity contribution in [3.8, 4) is 5.75 Å². The largest absolute Gasteiger partial charge is 0.492 e. The Labute approximate surface area is 174 Å². The molecule has 1 N–H and O–H groups in total. The standard InChI is InChI=1S/C22H23N5O3/c1-2-30-20-9-4-3-8-19(20)27-13-17(11-21(27)28)22(29)25-18-7-5-6-16(10-18)12-26-15-23-14-24-26/h3-10,14-15,17H,2,11-13H2,1H3,(H,25,29). The lowest BCUT2D eigenvalue weighted by Crippen LogP contribution is -2.28. The maximum Gasteiger partial charge on any atom is 0.229 e. The van der Waals surface area contributed by atoms with E-state index < -0.39 is 5.92 Å². The molecule has 2 aromatic carbocycles. The topological polar surface area (TPSA) is 89.3 Å². The van der Waals surface area contributed by atoms with Gasteiger partial charge in [0.1, 0.15) is 18.4 Å². The van der Waals surface area contributed by atoms with Crippen molar-refractivity contribution in [3.05, 3.63) is 66.7 Å². The van der Waals surface area contributed by atoms with Gasteiger partial charge in [0.2, 0.25) is 11.8 Å². The Balaban J connectivity index is 1.43. The molecule has 154 valence electrons. The van der Waals surface area contributed by atoms with Gasteiger partial charge in [-0.3, -0.25) is 9.59 Å². The molecule has 0 radical (unpaired) electrons. The van der Waals surface area contributed by atoms with Gasteiger partial charge >= 0.3 is 0 Å². The van der Waals surface area contributed by atoms with Crippen LogP contribution in [0.25, 0.3) is 0 Å². The summed E-state index contributed by atoms with van der Waals surface area (Å²) in [4.78, 5) is 31.0. The van der Waals surface area contributed by atoms with Crippen LogP contribution in [0.15, 0.2) is 61.2 Å². The molecule has 1 atom stereocenters. The zero-order valence-electron chi connectivity index (χ0n) is 16.7. The molecule has 1 aliphatic heterocycles. The predicted octanol–water partition coefficient (Wildman–Crippen LogP) is 2.72. The Kier molecular flexibility index (Phi) is 5.74. The molecule has 8 heteroatoms. The molecule has 1 unspecified atom stereocenters. The number of hydrogen-bond donors (Lipinski definition) is 1. The highest BCUT2D eigenvalue weighted by Crippen LogP contribution is 2.33. The molecular formula is C22H23N5O3. The molecule has 3 aromatic rings. The second kappa shape index (κ2) is 8.77. The zero-order chi connectivity index (χ0) is 20.9. The number of para-hydroxylation sites is 2. The van der Waals surface area contributed by atoms with Crippen LogP contribution in [0, 0.1) is 5.92 Å². The SMILES string of the molecule is CCOc1ccccc1N1CC(C(=O)Nc2cccc(Cn3cncn3)c2)CC1=O. The molecule has 1 aromatic heterocycles. The summed E-state index contributed by atoms with van der Waals surface area (Å²) in [5.74, 6) is -0.0266. The molecule has 0 bridgehead atoms. The van der Waals surface area contributed by atoms with Crippen molar-refractivity contribution in [1.82, 2.24) is 14.8 Å². The third-order valence-corrected chi connectivity index (χ3v) is 4.96. The summed E-state index contributed by atoms with van der Waals surface area (Å²) in [5, 5.41) is 7.04. The number of carbonyl (C=O) groups is 2. The lowest BCUT2D eigenvalue weighted by Gasteiger charge is -2.20. The number of amides is 2. The van der Waals surface area contributed by atoms with E-state index in [0.717, 1.165) is 5.56 Å². The minimum Gasteiger partial charge on any atom is -0.492 e.